The molecule has 0 saturated heterocycles. The fraction of sp³-hybridized carbons (Fsp3) is 0.296. The van der Waals surface area contributed by atoms with Gasteiger partial charge in [0.05, 0.1) is 19.1 Å². The van der Waals surface area contributed by atoms with Crippen LogP contribution in [0.5, 0.6) is 5.75 Å². The lowest BCUT2D eigenvalue weighted by atomic mass is 10.1. The van der Waals surface area contributed by atoms with Gasteiger partial charge in [0.2, 0.25) is 0 Å². The molecule has 4 aromatic rings. The number of aromatic nitrogens is 3. The second kappa shape index (κ2) is 12.2. The molecule has 2 aromatic heterocycles. The van der Waals surface area contributed by atoms with Gasteiger partial charge in [-0.1, -0.05) is 29.8 Å². The first-order valence-electron chi connectivity index (χ1n) is 12.0. The fourth-order valence-corrected chi connectivity index (χ4v) is 4.78. The number of benzene rings is 2. The van der Waals surface area contributed by atoms with Crippen molar-refractivity contribution in [3.05, 3.63) is 82.0 Å². The molecule has 2 aromatic carbocycles. The summed E-state index contributed by atoms with van der Waals surface area (Å²) in [5.74, 6) is 0.928. The lowest BCUT2D eigenvalue weighted by Crippen LogP contribution is -2.28. The van der Waals surface area contributed by atoms with Crippen molar-refractivity contribution in [1.82, 2.24) is 24.6 Å². The number of imidazole rings is 1. The van der Waals surface area contributed by atoms with Crippen molar-refractivity contribution < 1.29 is 14.3 Å². The highest BCUT2D eigenvalue weighted by molar-refractivity contribution is 7.97. The topological polar surface area (TPSA) is 101 Å². The smallest absolute Gasteiger partial charge is 0.277 e. The summed E-state index contributed by atoms with van der Waals surface area (Å²) in [7, 11) is 1.76. The molecule has 3 N–H and O–H groups in total. The number of H-pyrrole nitrogens is 1. The predicted octanol–water partition coefficient (Wildman–Crippen LogP) is 4.99. The quantitative estimate of drug-likeness (QED) is 0.184. The van der Waals surface area contributed by atoms with E-state index in [0.717, 1.165) is 44.8 Å². The number of rotatable bonds is 11. The van der Waals surface area contributed by atoms with Gasteiger partial charge in [-0.2, -0.15) is 0 Å². The minimum atomic E-state index is -0.198. The van der Waals surface area contributed by atoms with Gasteiger partial charge in [-0.25, -0.2) is 4.98 Å². The van der Waals surface area contributed by atoms with E-state index in [1.165, 1.54) is 18.1 Å². The molecule has 0 radical (unpaired) electrons. The first-order valence-corrected chi connectivity index (χ1v) is 13.4. The number of carbonyl (C=O) groups is 2. The number of aryl methyl sites for hydroxylation is 4. The van der Waals surface area contributed by atoms with Crippen molar-refractivity contribution in [2.45, 2.75) is 26.7 Å². The number of nitrogens with one attached hydrogen (secondary N) is 3. The van der Waals surface area contributed by atoms with Crippen LogP contribution in [0.1, 0.15) is 44.1 Å². The summed E-state index contributed by atoms with van der Waals surface area (Å²) >= 11 is 7.51. The summed E-state index contributed by atoms with van der Waals surface area (Å²) in [6.45, 7) is 4.86. The minimum Gasteiger partial charge on any atom is -0.494 e. The molecule has 0 spiro atoms. The Kier molecular flexibility index (Phi) is 8.78. The monoisotopic (exact) mass is 539 g/mol. The minimum absolute atomic E-state index is 0.195. The third kappa shape index (κ3) is 6.47. The number of halogens is 1. The van der Waals surface area contributed by atoms with Gasteiger partial charge in [-0.05, 0) is 73.5 Å². The molecule has 0 atom stereocenters. The van der Waals surface area contributed by atoms with Gasteiger partial charge < -0.3 is 19.6 Å². The van der Waals surface area contributed by atoms with Crippen molar-refractivity contribution in [2.24, 2.45) is 7.05 Å². The van der Waals surface area contributed by atoms with E-state index < -0.39 is 0 Å². The zero-order valence-corrected chi connectivity index (χ0v) is 22.6. The molecular weight excluding hydrogens is 510 g/mol. The Morgan fingerprint density at radius 1 is 1.16 bits per heavy atom. The Morgan fingerprint density at radius 3 is 2.65 bits per heavy atom. The van der Waals surface area contributed by atoms with E-state index >= 15 is 0 Å². The summed E-state index contributed by atoms with van der Waals surface area (Å²) < 4.78 is 10.5. The van der Waals surface area contributed by atoms with E-state index in [-0.39, 0.29) is 11.8 Å². The normalized spacial score (nSPS) is 11.0. The maximum atomic E-state index is 13.0. The van der Waals surface area contributed by atoms with Gasteiger partial charge in [-0.15, -0.1) is 0 Å². The molecule has 0 unspecified atom stereocenters. The van der Waals surface area contributed by atoms with Crippen LogP contribution < -0.4 is 14.8 Å². The van der Waals surface area contributed by atoms with Crippen molar-refractivity contribution >= 4 is 46.3 Å². The number of para-hydroxylation sites is 1. The summed E-state index contributed by atoms with van der Waals surface area (Å²) in [6.07, 6.45) is 4.53. The summed E-state index contributed by atoms with van der Waals surface area (Å²) in [6, 6.07) is 11.8. The molecule has 0 bridgehead atoms. The Morgan fingerprint density at radius 2 is 1.92 bits per heavy atom. The fourth-order valence-electron chi connectivity index (χ4n) is 4.13. The highest BCUT2D eigenvalue weighted by atomic mass is 35.5. The molecule has 0 fully saturated rings. The maximum absolute atomic E-state index is 13.0. The number of amides is 2. The number of hydrogen-bond donors (Lipinski definition) is 3. The standard InChI is InChI=1S/C27H30ClN5O3S/c1-17-13-19(14-18(2)24(17)28)36-11-6-8-21-20-7-4-5-9-22(20)31-25(21)27(35)32-37-12-10-30-26(34)23-15-29-16-33(23)3/h4-5,7,9,13-16,31H,6,8,10-12H2,1-3H3,(H,30,34)(H,32,35). The molecule has 194 valence electrons. The van der Waals surface area contributed by atoms with Crippen LogP contribution in [0.25, 0.3) is 10.9 Å². The molecule has 4 rings (SSSR count). The SMILES string of the molecule is Cc1cc(OCCCc2c(C(=O)NSCCNC(=O)c3cncn3C)[nH]c3ccccc23)cc(C)c1Cl. The zero-order chi connectivity index (χ0) is 26.4. The highest BCUT2D eigenvalue weighted by Crippen LogP contribution is 2.27. The van der Waals surface area contributed by atoms with Crippen LogP contribution in [0.4, 0.5) is 0 Å². The highest BCUT2D eigenvalue weighted by Gasteiger charge is 2.18. The van der Waals surface area contributed by atoms with Crippen molar-refractivity contribution in [3.8, 4) is 5.75 Å². The second-order valence-electron chi connectivity index (χ2n) is 8.77. The van der Waals surface area contributed by atoms with E-state index in [1.54, 1.807) is 17.9 Å². The van der Waals surface area contributed by atoms with E-state index in [4.69, 9.17) is 16.3 Å². The summed E-state index contributed by atoms with van der Waals surface area (Å²) in [5, 5.41) is 4.62. The van der Waals surface area contributed by atoms with Crippen LogP contribution in [0.15, 0.2) is 48.9 Å². The van der Waals surface area contributed by atoms with Gasteiger partial charge in [0.25, 0.3) is 11.8 Å². The van der Waals surface area contributed by atoms with Gasteiger partial charge in [0, 0.05) is 35.3 Å². The number of fused-ring (bicyclic) bond motifs is 1. The van der Waals surface area contributed by atoms with Crippen molar-refractivity contribution in [2.75, 3.05) is 18.9 Å². The van der Waals surface area contributed by atoms with Crippen molar-refractivity contribution in [3.63, 3.8) is 0 Å². The Hall–Kier alpha value is -3.43. The van der Waals surface area contributed by atoms with Crippen LogP contribution >= 0.6 is 23.5 Å². The summed E-state index contributed by atoms with van der Waals surface area (Å²) in [4.78, 5) is 32.4. The number of hydrogen-bond acceptors (Lipinski definition) is 5. The molecule has 2 amide bonds. The maximum Gasteiger partial charge on any atom is 0.277 e. The Balaban J connectivity index is 1.31. The number of nitrogens with zero attached hydrogens (tertiary/aromatic N) is 2. The average molecular weight is 540 g/mol. The number of carbonyl (C=O) groups excluding carboxylic acids is 2. The van der Waals surface area contributed by atoms with Crippen LogP contribution in [-0.2, 0) is 13.5 Å². The van der Waals surface area contributed by atoms with Gasteiger partial charge in [0.1, 0.15) is 17.1 Å². The van der Waals surface area contributed by atoms with Crippen LogP contribution in [0.3, 0.4) is 0 Å². The first kappa shape index (κ1) is 26.6. The summed E-state index contributed by atoms with van der Waals surface area (Å²) in [5.41, 5.74) is 4.89. The van der Waals surface area contributed by atoms with Crippen LogP contribution in [0, 0.1) is 13.8 Å². The van der Waals surface area contributed by atoms with Crippen LogP contribution in [0.2, 0.25) is 5.02 Å². The number of ether oxygens (including phenoxy) is 1. The molecule has 0 aliphatic carbocycles. The van der Waals surface area contributed by atoms with Gasteiger partial charge in [0.15, 0.2) is 0 Å². The van der Waals surface area contributed by atoms with E-state index in [2.05, 4.69) is 20.0 Å². The number of aromatic amines is 1. The third-order valence-corrected chi connectivity index (χ3v) is 7.33. The molecule has 37 heavy (non-hydrogen) atoms. The molecule has 10 heteroatoms. The lowest BCUT2D eigenvalue weighted by Gasteiger charge is -2.11. The predicted molar refractivity (Wildman–Crippen MR) is 149 cm³/mol. The first-order chi connectivity index (χ1) is 17.8. The second-order valence-corrected chi connectivity index (χ2v) is 10.1. The van der Waals surface area contributed by atoms with Gasteiger partial charge >= 0.3 is 0 Å². The average Bonchev–Trinajstić information content (AvgIpc) is 3.48. The molecule has 0 aliphatic heterocycles. The van der Waals surface area contributed by atoms with Crippen molar-refractivity contribution in [1.29, 1.82) is 0 Å². The Bertz CT molecular complexity index is 1390. The van der Waals surface area contributed by atoms with E-state index in [1.807, 2.05) is 50.2 Å². The third-order valence-electron chi connectivity index (χ3n) is 5.99. The molecule has 2 heterocycles. The van der Waals surface area contributed by atoms with Crippen LogP contribution in [-0.4, -0.2) is 45.3 Å². The molecular formula is C27H30ClN5O3S. The van der Waals surface area contributed by atoms with Gasteiger partial charge in [-0.3, -0.25) is 14.3 Å². The van der Waals surface area contributed by atoms with E-state index in [0.29, 0.717) is 36.7 Å². The molecule has 0 aliphatic rings. The molecule has 0 saturated carbocycles. The Labute approximate surface area is 225 Å². The largest absolute Gasteiger partial charge is 0.494 e. The van der Waals surface area contributed by atoms with E-state index in [9.17, 15) is 9.59 Å². The zero-order valence-electron chi connectivity index (χ0n) is 21.1. The lowest BCUT2D eigenvalue weighted by molar-refractivity contribution is 0.0947. The molecule has 8 nitrogen and oxygen atoms in total.